The third-order valence-corrected chi connectivity index (χ3v) is 4.61. The van der Waals surface area contributed by atoms with Crippen molar-refractivity contribution in [1.29, 1.82) is 0 Å². The molecule has 1 heterocycles. The molecule has 3 heteroatoms. The summed E-state index contributed by atoms with van der Waals surface area (Å²) in [6.07, 6.45) is 4.94. The van der Waals surface area contributed by atoms with Gasteiger partial charge in [-0.15, -0.1) is 0 Å². The van der Waals surface area contributed by atoms with Crippen molar-refractivity contribution in [2.75, 3.05) is 6.54 Å². The minimum Gasteiger partial charge on any atom is -0.393 e. The van der Waals surface area contributed by atoms with Crippen LogP contribution in [0.5, 0.6) is 0 Å². The first-order valence-electron chi connectivity index (χ1n) is 7.31. The zero-order chi connectivity index (χ0) is 13.2. The van der Waals surface area contributed by atoms with E-state index in [-0.39, 0.29) is 24.0 Å². The molecule has 19 heavy (non-hydrogen) atoms. The van der Waals surface area contributed by atoms with Crippen LogP contribution in [0.4, 0.5) is 0 Å². The quantitative estimate of drug-likeness (QED) is 0.886. The van der Waals surface area contributed by atoms with E-state index in [0.717, 1.165) is 44.2 Å². The first-order chi connectivity index (χ1) is 9.27. The smallest absolute Gasteiger partial charge is 0.254 e. The molecule has 2 fully saturated rings. The molecule has 0 radical (unpaired) electrons. The maximum Gasteiger partial charge on any atom is 0.254 e. The molecule has 1 saturated heterocycles. The van der Waals surface area contributed by atoms with Gasteiger partial charge in [0.15, 0.2) is 0 Å². The summed E-state index contributed by atoms with van der Waals surface area (Å²) >= 11 is 0. The van der Waals surface area contributed by atoms with Crippen LogP contribution in [0.2, 0.25) is 0 Å². The molecule has 3 rings (SSSR count). The second kappa shape index (κ2) is 5.33. The number of aliphatic hydroxyl groups is 1. The molecule has 102 valence electrons. The number of aliphatic hydroxyl groups excluding tert-OH is 1. The standard InChI is InChI=1S/C16H21NO2/c18-15-10-4-8-13(15)14-9-5-11-17(14)16(19)12-6-2-1-3-7-12/h1-3,6-7,13-15,18H,4-5,8-11H2. The Morgan fingerprint density at radius 2 is 1.89 bits per heavy atom. The Hall–Kier alpha value is -1.35. The summed E-state index contributed by atoms with van der Waals surface area (Å²) in [6, 6.07) is 9.74. The SMILES string of the molecule is O=C(c1ccccc1)N1CCCC1C1CCCC1O. The lowest BCUT2D eigenvalue weighted by molar-refractivity contribution is 0.0528. The van der Waals surface area contributed by atoms with Crippen molar-refractivity contribution in [1.82, 2.24) is 4.90 Å². The molecule has 3 atom stereocenters. The van der Waals surface area contributed by atoms with E-state index < -0.39 is 0 Å². The Morgan fingerprint density at radius 1 is 1.11 bits per heavy atom. The molecular formula is C16H21NO2. The zero-order valence-corrected chi connectivity index (χ0v) is 11.2. The fraction of sp³-hybridized carbons (Fsp3) is 0.562. The first-order valence-corrected chi connectivity index (χ1v) is 7.31. The maximum atomic E-state index is 12.6. The first kappa shape index (κ1) is 12.7. The fourth-order valence-corrected chi connectivity index (χ4v) is 3.65. The largest absolute Gasteiger partial charge is 0.393 e. The lowest BCUT2D eigenvalue weighted by Gasteiger charge is -2.31. The van der Waals surface area contributed by atoms with E-state index in [1.807, 2.05) is 35.2 Å². The van der Waals surface area contributed by atoms with Gasteiger partial charge in [0.2, 0.25) is 0 Å². The van der Waals surface area contributed by atoms with Crippen molar-refractivity contribution in [2.24, 2.45) is 5.92 Å². The van der Waals surface area contributed by atoms with Crippen molar-refractivity contribution in [2.45, 2.75) is 44.2 Å². The van der Waals surface area contributed by atoms with Crippen molar-refractivity contribution in [3.63, 3.8) is 0 Å². The van der Waals surface area contributed by atoms with Gasteiger partial charge in [-0.1, -0.05) is 24.6 Å². The predicted octanol–water partition coefficient (Wildman–Crippen LogP) is 2.45. The van der Waals surface area contributed by atoms with Gasteiger partial charge >= 0.3 is 0 Å². The van der Waals surface area contributed by atoms with E-state index in [4.69, 9.17) is 0 Å². The maximum absolute atomic E-state index is 12.6. The van der Waals surface area contributed by atoms with Crippen LogP contribution in [-0.4, -0.2) is 34.6 Å². The van der Waals surface area contributed by atoms with Crippen LogP contribution in [0, 0.1) is 5.92 Å². The Morgan fingerprint density at radius 3 is 2.58 bits per heavy atom. The number of hydrogen-bond donors (Lipinski definition) is 1. The summed E-state index contributed by atoms with van der Waals surface area (Å²) in [5, 5.41) is 10.1. The average molecular weight is 259 g/mol. The summed E-state index contributed by atoms with van der Waals surface area (Å²) in [6.45, 7) is 0.835. The van der Waals surface area contributed by atoms with Crippen LogP contribution < -0.4 is 0 Å². The fourth-order valence-electron chi connectivity index (χ4n) is 3.65. The molecule has 1 N–H and O–H groups in total. The van der Waals surface area contributed by atoms with E-state index in [0.29, 0.717) is 0 Å². The molecule has 1 aliphatic carbocycles. The summed E-state index contributed by atoms with van der Waals surface area (Å²) in [5.74, 6) is 0.414. The van der Waals surface area contributed by atoms with Crippen molar-refractivity contribution in [3.8, 4) is 0 Å². The number of carbonyl (C=O) groups excluding carboxylic acids is 1. The van der Waals surface area contributed by atoms with Gasteiger partial charge in [0.05, 0.1) is 6.10 Å². The van der Waals surface area contributed by atoms with Crippen molar-refractivity contribution >= 4 is 5.91 Å². The van der Waals surface area contributed by atoms with Crippen LogP contribution in [0.15, 0.2) is 30.3 Å². The minimum atomic E-state index is -0.214. The van der Waals surface area contributed by atoms with Gasteiger partial charge in [0, 0.05) is 24.1 Å². The van der Waals surface area contributed by atoms with Gasteiger partial charge in [-0.05, 0) is 37.8 Å². The van der Waals surface area contributed by atoms with Crippen molar-refractivity contribution in [3.05, 3.63) is 35.9 Å². The number of hydrogen-bond acceptors (Lipinski definition) is 2. The Kier molecular flexibility index (Phi) is 3.56. The lowest BCUT2D eigenvalue weighted by atomic mass is 9.93. The third kappa shape index (κ3) is 2.39. The summed E-state index contributed by atoms with van der Waals surface area (Å²) in [4.78, 5) is 14.6. The minimum absolute atomic E-state index is 0.127. The number of amides is 1. The van der Waals surface area contributed by atoms with Crippen molar-refractivity contribution < 1.29 is 9.90 Å². The average Bonchev–Trinajstić information content (AvgIpc) is 3.07. The topological polar surface area (TPSA) is 40.5 Å². The summed E-state index contributed by atoms with van der Waals surface area (Å²) < 4.78 is 0. The van der Waals surface area contributed by atoms with Crippen LogP contribution >= 0.6 is 0 Å². The van der Waals surface area contributed by atoms with E-state index in [1.165, 1.54) is 0 Å². The van der Waals surface area contributed by atoms with E-state index >= 15 is 0 Å². The molecular weight excluding hydrogens is 238 g/mol. The highest BCUT2D eigenvalue weighted by Gasteiger charge is 2.40. The normalized spacial score (nSPS) is 30.8. The van der Waals surface area contributed by atoms with Crippen LogP contribution in [0.25, 0.3) is 0 Å². The molecule has 1 saturated carbocycles. The number of likely N-dealkylation sites (tertiary alicyclic amines) is 1. The molecule has 0 spiro atoms. The molecule has 1 aliphatic heterocycles. The van der Waals surface area contributed by atoms with Crippen LogP contribution in [0.1, 0.15) is 42.5 Å². The van der Waals surface area contributed by atoms with Gasteiger partial charge in [-0.25, -0.2) is 0 Å². The third-order valence-electron chi connectivity index (χ3n) is 4.61. The second-order valence-corrected chi connectivity index (χ2v) is 5.74. The highest BCUT2D eigenvalue weighted by Crippen LogP contribution is 2.36. The molecule has 2 aliphatic rings. The summed E-state index contributed by atoms with van der Waals surface area (Å²) in [7, 11) is 0. The number of nitrogens with zero attached hydrogens (tertiary/aromatic N) is 1. The van der Waals surface area contributed by atoms with Crippen LogP contribution in [0.3, 0.4) is 0 Å². The summed E-state index contributed by atoms with van der Waals surface area (Å²) in [5.41, 5.74) is 0.766. The monoisotopic (exact) mass is 259 g/mol. The second-order valence-electron chi connectivity index (χ2n) is 5.74. The molecule has 1 aromatic rings. The molecule has 3 unspecified atom stereocenters. The van der Waals surface area contributed by atoms with Gasteiger partial charge in [-0.2, -0.15) is 0 Å². The van der Waals surface area contributed by atoms with E-state index in [1.54, 1.807) is 0 Å². The van der Waals surface area contributed by atoms with E-state index in [9.17, 15) is 9.90 Å². The molecule has 0 aromatic heterocycles. The number of benzene rings is 1. The van der Waals surface area contributed by atoms with Gasteiger partial charge in [0.1, 0.15) is 0 Å². The van der Waals surface area contributed by atoms with E-state index in [2.05, 4.69) is 0 Å². The van der Waals surface area contributed by atoms with Gasteiger partial charge in [-0.3, -0.25) is 4.79 Å². The number of carbonyl (C=O) groups is 1. The molecule has 0 bridgehead atoms. The Bertz CT molecular complexity index is 445. The van der Waals surface area contributed by atoms with Gasteiger partial charge in [0.25, 0.3) is 5.91 Å². The molecule has 3 nitrogen and oxygen atoms in total. The molecule has 1 amide bonds. The number of rotatable bonds is 2. The lowest BCUT2D eigenvalue weighted by Crippen LogP contribution is -2.42. The highest BCUT2D eigenvalue weighted by atomic mass is 16.3. The Balaban J connectivity index is 1.78. The highest BCUT2D eigenvalue weighted by molar-refractivity contribution is 5.94. The predicted molar refractivity (Wildman–Crippen MR) is 73.8 cm³/mol. The van der Waals surface area contributed by atoms with Crippen LogP contribution in [-0.2, 0) is 0 Å². The zero-order valence-electron chi connectivity index (χ0n) is 11.2. The van der Waals surface area contributed by atoms with Gasteiger partial charge < -0.3 is 10.0 Å². The Labute approximate surface area is 114 Å². The molecule has 1 aromatic carbocycles.